The van der Waals surface area contributed by atoms with Gasteiger partial charge in [-0.3, -0.25) is 4.79 Å². The van der Waals surface area contributed by atoms with Crippen molar-refractivity contribution >= 4 is 33.4 Å². The minimum atomic E-state index is 0.113. The molecule has 1 fully saturated rings. The van der Waals surface area contributed by atoms with Crippen LogP contribution < -0.4 is 0 Å². The number of piperazine rings is 1. The van der Waals surface area contributed by atoms with Gasteiger partial charge >= 0.3 is 0 Å². The van der Waals surface area contributed by atoms with E-state index in [0.717, 1.165) is 85.8 Å². The third-order valence-electron chi connectivity index (χ3n) is 5.83. The van der Waals surface area contributed by atoms with Crippen LogP contribution in [0.15, 0.2) is 58.0 Å². The highest BCUT2D eigenvalue weighted by molar-refractivity contribution is 9.10. The number of hydrogen-bond donors (Lipinski definition) is 0. The molecule has 0 bridgehead atoms. The Morgan fingerprint density at radius 1 is 0.938 bits per heavy atom. The first-order valence-electron chi connectivity index (χ1n) is 11.8. The number of amidine groups is 1. The van der Waals surface area contributed by atoms with Crippen molar-refractivity contribution in [3.8, 4) is 0 Å². The first-order valence-corrected chi connectivity index (χ1v) is 12.6. The van der Waals surface area contributed by atoms with Gasteiger partial charge in [-0.15, -0.1) is 0 Å². The third-order valence-corrected chi connectivity index (χ3v) is 6.32. The molecule has 5 nitrogen and oxygen atoms in total. The molecule has 0 atom stereocenters. The second-order valence-electron chi connectivity index (χ2n) is 8.21. The number of amides is 1. The van der Waals surface area contributed by atoms with Gasteiger partial charge in [0.2, 0.25) is 0 Å². The molecule has 1 aliphatic heterocycles. The van der Waals surface area contributed by atoms with Gasteiger partial charge in [0, 0.05) is 54.9 Å². The van der Waals surface area contributed by atoms with E-state index in [1.807, 2.05) is 53.4 Å². The van der Waals surface area contributed by atoms with E-state index in [1.54, 1.807) is 0 Å². The summed E-state index contributed by atoms with van der Waals surface area (Å²) in [5.74, 6) is 1.08. The maximum absolute atomic E-state index is 13.0. The van der Waals surface area contributed by atoms with E-state index < -0.39 is 0 Å². The number of halogens is 1. The zero-order chi connectivity index (χ0) is 22.9. The second-order valence-corrected chi connectivity index (χ2v) is 9.12. The van der Waals surface area contributed by atoms with E-state index in [0.29, 0.717) is 0 Å². The predicted octanol–water partition coefficient (Wildman–Crippen LogP) is 5.43. The average molecular weight is 499 g/mol. The van der Waals surface area contributed by atoms with Crippen LogP contribution in [-0.4, -0.2) is 72.3 Å². The van der Waals surface area contributed by atoms with Gasteiger partial charge in [-0.05, 0) is 49.7 Å². The minimum Gasteiger partial charge on any atom is -0.354 e. The quantitative estimate of drug-likeness (QED) is 0.359. The van der Waals surface area contributed by atoms with Crippen LogP contribution in [0.3, 0.4) is 0 Å². The Kier molecular flexibility index (Phi) is 9.30. The zero-order valence-corrected chi connectivity index (χ0v) is 21.1. The number of hydrogen-bond acceptors (Lipinski definition) is 3. The van der Waals surface area contributed by atoms with Crippen molar-refractivity contribution < 1.29 is 4.79 Å². The molecule has 32 heavy (non-hydrogen) atoms. The van der Waals surface area contributed by atoms with E-state index in [4.69, 9.17) is 4.99 Å². The lowest BCUT2D eigenvalue weighted by Gasteiger charge is -2.36. The Morgan fingerprint density at radius 3 is 2.12 bits per heavy atom. The molecule has 1 heterocycles. The molecule has 0 aromatic heterocycles. The number of benzene rings is 2. The van der Waals surface area contributed by atoms with Gasteiger partial charge in [0.05, 0.1) is 5.69 Å². The fourth-order valence-electron chi connectivity index (χ4n) is 4.06. The Morgan fingerprint density at radius 2 is 1.56 bits per heavy atom. The molecule has 1 aliphatic rings. The minimum absolute atomic E-state index is 0.113. The molecule has 0 radical (unpaired) electrons. The van der Waals surface area contributed by atoms with Gasteiger partial charge in [0.25, 0.3) is 5.91 Å². The fraction of sp³-hybridized carbons (Fsp3) is 0.462. The van der Waals surface area contributed by atoms with E-state index in [2.05, 4.69) is 46.5 Å². The summed E-state index contributed by atoms with van der Waals surface area (Å²) in [7, 11) is 0. The topological polar surface area (TPSA) is 39.2 Å². The van der Waals surface area contributed by atoms with Gasteiger partial charge in [-0.25, -0.2) is 4.99 Å². The van der Waals surface area contributed by atoms with Crippen molar-refractivity contribution in [1.82, 2.24) is 14.7 Å². The highest BCUT2D eigenvalue weighted by Crippen LogP contribution is 2.22. The molecule has 0 spiro atoms. The molecule has 0 N–H and O–H groups in total. The molecular formula is C26H35BrN4O. The van der Waals surface area contributed by atoms with Crippen molar-refractivity contribution in [2.45, 2.75) is 33.6 Å². The first-order chi connectivity index (χ1) is 15.5. The molecule has 0 unspecified atom stereocenters. The lowest BCUT2D eigenvalue weighted by Crippen LogP contribution is -2.48. The number of carbonyl (C=O) groups excluding carboxylic acids is 1. The predicted molar refractivity (Wildman–Crippen MR) is 137 cm³/mol. The second kappa shape index (κ2) is 12.2. The molecule has 0 aliphatic carbocycles. The first kappa shape index (κ1) is 24.5. The summed E-state index contributed by atoms with van der Waals surface area (Å²) in [6, 6.07) is 16.1. The van der Waals surface area contributed by atoms with Gasteiger partial charge < -0.3 is 14.7 Å². The standard InChI is InChI=1S/C26H35BrN4O/c1-4-14-31(15-5-2)26(32)22-12-10-21(11-13-22)25(28-24-9-7-8-23(27)20-24)30-18-16-29(6-3)17-19-30/h7-13,20H,4-6,14-19H2,1-3H3/b28-25-. The van der Waals surface area contributed by atoms with Gasteiger partial charge in [0.15, 0.2) is 0 Å². The molecule has 2 aromatic carbocycles. The third kappa shape index (κ3) is 6.42. The summed E-state index contributed by atoms with van der Waals surface area (Å²) >= 11 is 3.55. The summed E-state index contributed by atoms with van der Waals surface area (Å²) in [5, 5.41) is 0. The van der Waals surface area contributed by atoms with E-state index in [-0.39, 0.29) is 5.91 Å². The van der Waals surface area contributed by atoms with Crippen LogP contribution in [0.2, 0.25) is 0 Å². The Bertz CT molecular complexity index is 898. The summed E-state index contributed by atoms with van der Waals surface area (Å²) in [4.78, 5) is 24.8. The fourth-order valence-corrected chi connectivity index (χ4v) is 4.45. The van der Waals surface area contributed by atoms with Crippen LogP contribution in [-0.2, 0) is 0 Å². The van der Waals surface area contributed by atoms with Crippen LogP contribution in [0.25, 0.3) is 0 Å². The monoisotopic (exact) mass is 498 g/mol. The van der Waals surface area contributed by atoms with Crippen LogP contribution in [0.5, 0.6) is 0 Å². The maximum atomic E-state index is 13.0. The summed E-state index contributed by atoms with van der Waals surface area (Å²) < 4.78 is 1.02. The lowest BCUT2D eigenvalue weighted by atomic mass is 10.1. The highest BCUT2D eigenvalue weighted by atomic mass is 79.9. The Hall–Kier alpha value is -2.18. The van der Waals surface area contributed by atoms with Crippen molar-refractivity contribution in [3.05, 3.63) is 64.1 Å². The van der Waals surface area contributed by atoms with Crippen molar-refractivity contribution in [1.29, 1.82) is 0 Å². The van der Waals surface area contributed by atoms with Crippen molar-refractivity contribution in [2.75, 3.05) is 45.8 Å². The van der Waals surface area contributed by atoms with Crippen LogP contribution >= 0.6 is 15.9 Å². The molecule has 1 amide bonds. The number of likely N-dealkylation sites (N-methyl/N-ethyl adjacent to an activating group) is 1. The van der Waals surface area contributed by atoms with E-state index >= 15 is 0 Å². The Labute approximate surface area is 201 Å². The van der Waals surface area contributed by atoms with Crippen molar-refractivity contribution in [3.63, 3.8) is 0 Å². The largest absolute Gasteiger partial charge is 0.354 e. The van der Waals surface area contributed by atoms with Crippen LogP contribution in [0.1, 0.15) is 49.5 Å². The summed E-state index contributed by atoms with van der Waals surface area (Å²) in [6.45, 7) is 13.1. The van der Waals surface area contributed by atoms with E-state index in [9.17, 15) is 4.79 Å². The normalized spacial score (nSPS) is 15.1. The van der Waals surface area contributed by atoms with Crippen LogP contribution in [0, 0.1) is 0 Å². The van der Waals surface area contributed by atoms with E-state index in [1.165, 1.54) is 0 Å². The number of nitrogens with zero attached hydrogens (tertiary/aromatic N) is 4. The zero-order valence-electron chi connectivity index (χ0n) is 19.6. The smallest absolute Gasteiger partial charge is 0.253 e. The molecule has 172 valence electrons. The number of aliphatic imine (C=N–C) groups is 1. The molecular weight excluding hydrogens is 464 g/mol. The summed E-state index contributed by atoms with van der Waals surface area (Å²) in [5.41, 5.74) is 2.71. The average Bonchev–Trinajstić information content (AvgIpc) is 2.82. The van der Waals surface area contributed by atoms with Crippen molar-refractivity contribution in [2.24, 2.45) is 4.99 Å². The SMILES string of the molecule is CCCN(CCC)C(=O)c1ccc(/C(=N/c2cccc(Br)c2)N2CCN(CC)CC2)cc1. The summed E-state index contributed by atoms with van der Waals surface area (Å²) in [6.07, 6.45) is 1.94. The molecule has 3 rings (SSSR count). The van der Waals surface area contributed by atoms with Gasteiger partial charge in [-0.1, -0.05) is 54.9 Å². The van der Waals surface area contributed by atoms with Gasteiger partial charge in [0.1, 0.15) is 5.84 Å². The number of rotatable bonds is 8. The van der Waals surface area contributed by atoms with Gasteiger partial charge in [-0.2, -0.15) is 0 Å². The molecule has 0 saturated carbocycles. The Balaban J connectivity index is 1.88. The lowest BCUT2D eigenvalue weighted by molar-refractivity contribution is 0.0755. The van der Waals surface area contributed by atoms with Crippen LogP contribution in [0.4, 0.5) is 5.69 Å². The number of carbonyl (C=O) groups is 1. The molecule has 2 aromatic rings. The molecule has 1 saturated heterocycles. The maximum Gasteiger partial charge on any atom is 0.253 e. The molecule has 6 heteroatoms. The highest BCUT2D eigenvalue weighted by Gasteiger charge is 2.21.